The molecule has 1 aromatic carbocycles. The molecule has 0 fully saturated rings. The fourth-order valence-electron chi connectivity index (χ4n) is 1.66. The summed E-state index contributed by atoms with van der Waals surface area (Å²) in [5.41, 5.74) is -3.47. The molecule has 2 nitrogen and oxygen atoms in total. The molecule has 8 heteroatoms. The highest BCUT2D eigenvalue weighted by Crippen LogP contribution is 2.37. The molecular formula is C14H13F6NO. The quantitative estimate of drug-likeness (QED) is 0.460. The average molecular weight is 325 g/mol. The number of hydrogen-bond donors (Lipinski definition) is 1. The molecule has 1 rings (SSSR count). The summed E-state index contributed by atoms with van der Waals surface area (Å²) in [6.07, 6.45) is -7.43. The zero-order valence-corrected chi connectivity index (χ0v) is 11.3. The van der Waals surface area contributed by atoms with Crippen LogP contribution in [0.3, 0.4) is 0 Å². The molecule has 0 radical (unpaired) electrons. The number of carbonyl (C=O) groups excluding carboxylic acids is 1. The lowest BCUT2D eigenvalue weighted by Crippen LogP contribution is -2.15. The van der Waals surface area contributed by atoms with Gasteiger partial charge >= 0.3 is 12.4 Å². The first-order chi connectivity index (χ1) is 10.0. The molecule has 0 aliphatic carbocycles. The van der Waals surface area contributed by atoms with Gasteiger partial charge in [-0.25, -0.2) is 0 Å². The zero-order chi connectivity index (χ0) is 17.0. The fraction of sp³-hybridized carbons (Fsp3) is 0.357. The van der Waals surface area contributed by atoms with Gasteiger partial charge in [-0.15, -0.1) is 6.58 Å². The summed E-state index contributed by atoms with van der Waals surface area (Å²) in [4.78, 5) is 11.5. The van der Waals surface area contributed by atoms with Crippen LogP contribution in [0.2, 0.25) is 0 Å². The van der Waals surface area contributed by atoms with Gasteiger partial charge in [-0.05, 0) is 31.0 Å². The number of hydrogen-bond acceptors (Lipinski definition) is 1. The first-order valence-corrected chi connectivity index (χ1v) is 6.24. The molecular weight excluding hydrogens is 312 g/mol. The Morgan fingerprint density at radius 3 is 1.95 bits per heavy atom. The third-order valence-corrected chi connectivity index (χ3v) is 2.68. The molecule has 1 amide bonds. The molecule has 0 aliphatic heterocycles. The average Bonchev–Trinajstić information content (AvgIpc) is 2.36. The minimum absolute atomic E-state index is 0.00731. The Kier molecular flexibility index (Phi) is 5.62. The van der Waals surface area contributed by atoms with Crippen molar-refractivity contribution in [2.24, 2.45) is 0 Å². The van der Waals surface area contributed by atoms with E-state index in [0.29, 0.717) is 25.0 Å². The van der Waals surface area contributed by atoms with E-state index < -0.39 is 35.1 Å². The molecule has 0 unspecified atom stereocenters. The molecule has 0 spiro atoms. The van der Waals surface area contributed by atoms with Crippen LogP contribution in [0, 0.1) is 0 Å². The van der Waals surface area contributed by atoms with Gasteiger partial charge in [0.15, 0.2) is 0 Å². The third-order valence-electron chi connectivity index (χ3n) is 2.68. The topological polar surface area (TPSA) is 29.1 Å². The van der Waals surface area contributed by atoms with E-state index in [1.54, 1.807) is 6.08 Å². The number of unbranched alkanes of at least 4 members (excludes halogenated alkanes) is 1. The monoisotopic (exact) mass is 325 g/mol. The van der Waals surface area contributed by atoms with Crippen LogP contribution in [-0.4, -0.2) is 5.91 Å². The van der Waals surface area contributed by atoms with E-state index in [0.717, 1.165) is 0 Å². The van der Waals surface area contributed by atoms with E-state index in [9.17, 15) is 31.1 Å². The second kappa shape index (κ2) is 6.85. The lowest BCUT2D eigenvalue weighted by atomic mass is 10.1. The van der Waals surface area contributed by atoms with Crippen LogP contribution in [0.1, 0.15) is 30.4 Å². The largest absolute Gasteiger partial charge is 0.416 e. The smallest absolute Gasteiger partial charge is 0.326 e. The first kappa shape index (κ1) is 18.1. The number of nitrogens with one attached hydrogen (secondary N) is 1. The summed E-state index contributed by atoms with van der Waals surface area (Å²) < 4.78 is 75.8. The summed E-state index contributed by atoms with van der Waals surface area (Å²) in [5.74, 6) is -0.658. The Morgan fingerprint density at radius 1 is 1.05 bits per heavy atom. The highest BCUT2D eigenvalue weighted by Gasteiger charge is 2.37. The molecule has 22 heavy (non-hydrogen) atoms. The molecule has 0 aromatic heterocycles. The molecule has 1 aromatic rings. The van der Waals surface area contributed by atoms with E-state index in [1.807, 2.05) is 0 Å². The maximum atomic E-state index is 12.6. The summed E-state index contributed by atoms with van der Waals surface area (Å²) in [6, 6.07) is 0.953. The van der Waals surface area contributed by atoms with Crippen molar-refractivity contribution in [3.63, 3.8) is 0 Å². The predicted octanol–water partition coefficient (Wildman–Crippen LogP) is 5.02. The SMILES string of the molecule is C=CCCCC(=O)Nc1cc(C(F)(F)F)cc(C(F)(F)F)c1. The molecule has 0 saturated carbocycles. The Hall–Kier alpha value is -1.99. The van der Waals surface area contributed by atoms with Crippen LogP contribution in [0.4, 0.5) is 32.0 Å². The number of alkyl halides is 6. The van der Waals surface area contributed by atoms with Crippen LogP contribution in [0.25, 0.3) is 0 Å². The van der Waals surface area contributed by atoms with Gasteiger partial charge in [0, 0.05) is 12.1 Å². The standard InChI is InChI=1S/C14H13F6NO/c1-2-3-4-5-12(22)21-11-7-9(13(15,16)17)6-10(8-11)14(18,19)20/h2,6-8H,1,3-5H2,(H,21,22). The van der Waals surface area contributed by atoms with Crippen molar-refractivity contribution < 1.29 is 31.1 Å². The number of benzene rings is 1. The number of halogens is 6. The van der Waals surface area contributed by atoms with Crippen LogP contribution >= 0.6 is 0 Å². The van der Waals surface area contributed by atoms with Crippen molar-refractivity contribution in [1.29, 1.82) is 0 Å². The van der Waals surface area contributed by atoms with Crippen molar-refractivity contribution in [3.8, 4) is 0 Å². The lowest BCUT2D eigenvalue weighted by Gasteiger charge is -2.14. The maximum absolute atomic E-state index is 12.6. The van der Waals surface area contributed by atoms with Crippen molar-refractivity contribution in [1.82, 2.24) is 0 Å². The summed E-state index contributed by atoms with van der Waals surface area (Å²) >= 11 is 0. The second-order valence-electron chi connectivity index (χ2n) is 4.52. The Morgan fingerprint density at radius 2 is 1.55 bits per heavy atom. The lowest BCUT2D eigenvalue weighted by molar-refractivity contribution is -0.143. The van der Waals surface area contributed by atoms with Crippen LogP contribution in [-0.2, 0) is 17.1 Å². The number of amides is 1. The zero-order valence-electron chi connectivity index (χ0n) is 11.3. The second-order valence-corrected chi connectivity index (χ2v) is 4.52. The van der Waals surface area contributed by atoms with Gasteiger partial charge in [-0.3, -0.25) is 4.79 Å². The van der Waals surface area contributed by atoms with Crippen molar-refractivity contribution >= 4 is 11.6 Å². The highest BCUT2D eigenvalue weighted by molar-refractivity contribution is 5.90. The Balaban J connectivity index is 3.03. The number of allylic oxidation sites excluding steroid dienone is 1. The van der Waals surface area contributed by atoms with Gasteiger partial charge in [-0.2, -0.15) is 26.3 Å². The molecule has 0 aliphatic rings. The predicted molar refractivity (Wildman–Crippen MR) is 69.1 cm³/mol. The van der Waals surface area contributed by atoms with E-state index in [1.165, 1.54) is 0 Å². The van der Waals surface area contributed by atoms with Gasteiger partial charge in [-0.1, -0.05) is 6.08 Å². The number of rotatable bonds is 5. The Labute approximate surface area is 122 Å². The summed E-state index contributed by atoms with van der Waals surface area (Å²) in [7, 11) is 0. The summed E-state index contributed by atoms with van der Waals surface area (Å²) in [5, 5.41) is 2.05. The fourth-order valence-corrected chi connectivity index (χ4v) is 1.66. The van der Waals surface area contributed by atoms with Gasteiger partial charge in [0.1, 0.15) is 0 Å². The number of anilines is 1. The molecule has 0 heterocycles. The van der Waals surface area contributed by atoms with Crippen LogP contribution in [0.5, 0.6) is 0 Å². The van der Waals surface area contributed by atoms with Crippen LogP contribution < -0.4 is 5.32 Å². The van der Waals surface area contributed by atoms with Gasteiger partial charge in [0.25, 0.3) is 0 Å². The van der Waals surface area contributed by atoms with E-state index in [4.69, 9.17) is 0 Å². The molecule has 1 N–H and O–H groups in total. The van der Waals surface area contributed by atoms with Gasteiger partial charge in [0.2, 0.25) is 5.91 Å². The highest BCUT2D eigenvalue weighted by atomic mass is 19.4. The summed E-state index contributed by atoms with van der Waals surface area (Å²) in [6.45, 7) is 3.44. The van der Waals surface area contributed by atoms with E-state index >= 15 is 0 Å². The molecule has 122 valence electrons. The van der Waals surface area contributed by atoms with E-state index in [2.05, 4.69) is 11.9 Å². The Bertz CT molecular complexity index is 515. The first-order valence-electron chi connectivity index (χ1n) is 6.24. The van der Waals surface area contributed by atoms with E-state index in [-0.39, 0.29) is 12.5 Å². The number of carbonyl (C=O) groups is 1. The maximum Gasteiger partial charge on any atom is 0.416 e. The normalized spacial score (nSPS) is 12.1. The minimum atomic E-state index is -4.94. The van der Waals surface area contributed by atoms with Gasteiger partial charge < -0.3 is 5.32 Å². The van der Waals surface area contributed by atoms with Crippen molar-refractivity contribution in [3.05, 3.63) is 42.0 Å². The third kappa shape index (κ3) is 5.42. The molecule has 0 atom stereocenters. The van der Waals surface area contributed by atoms with Crippen molar-refractivity contribution in [2.45, 2.75) is 31.6 Å². The van der Waals surface area contributed by atoms with Crippen LogP contribution in [0.15, 0.2) is 30.9 Å². The molecule has 0 saturated heterocycles. The van der Waals surface area contributed by atoms with Gasteiger partial charge in [0.05, 0.1) is 11.1 Å². The van der Waals surface area contributed by atoms with Crippen molar-refractivity contribution in [2.75, 3.05) is 5.32 Å². The molecule has 0 bridgehead atoms. The minimum Gasteiger partial charge on any atom is -0.326 e.